The number of hydrogen-bond acceptors (Lipinski definition) is 3. The van der Waals surface area contributed by atoms with E-state index in [-0.39, 0.29) is 11.8 Å². The molecule has 2 rings (SSSR count). The van der Waals surface area contributed by atoms with Gasteiger partial charge in [0.15, 0.2) is 0 Å². The molecule has 30 heavy (non-hydrogen) atoms. The summed E-state index contributed by atoms with van der Waals surface area (Å²) in [6, 6.07) is 9.96. The van der Waals surface area contributed by atoms with Crippen LogP contribution in [0.1, 0.15) is 36.2 Å². The molecule has 0 aliphatic heterocycles. The molecule has 0 aliphatic rings. The van der Waals surface area contributed by atoms with E-state index < -0.39 is 29.1 Å². The fourth-order valence-electron chi connectivity index (χ4n) is 2.99. The summed E-state index contributed by atoms with van der Waals surface area (Å²) >= 11 is 0. The SMILES string of the molecule is Cc1ccccc1OCCCN(C)C(=O)C(NC(=O)c1c(F)cccc1F)C(C)C. The quantitative estimate of drug-likeness (QED) is 0.628. The van der Waals surface area contributed by atoms with Crippen molar-refractivity contribution in [3.8, 4) is 5.75 Å². The summed E-state index contributed by atoms with van der Waals surface area (Å²) in [7, 11) is 1.63. The molecule has 0 spiro atoms. The molecule has 0 aliphatic carbocycles. The third-order valence-electron chi connectivity index (χ3n) is 4.77. The van der Waals surface area contributed by atoms with E-state index in [1.54, 1.807) is 20.9 Å². The molecule has 1 unspecified atom stereocenters. The van der Waals surface area contributed by atoms with Crippen molar-refractivity contribution in [2.75, 3.05) is 20.2 Å². The van der Waals surface area contributed by atoms with Gasteiger partial charge in [-0.1, -0.05) is 38.1 Å². The van der Waals surface area contributed by atoms with Crippen LogP contribution in [0.15, 0.2) is 42.5 Å². The Hall–Kier alpha value is -2.96. The number of ether oxygens (including phenoxy) is 1. The van der Waals surface area contributed by atoms with E-state index in [0.717, 1.165) is 23.4 Å². The monoisotopic (exact) mass is 418 g/mol. The number of aryl methyl sites for hydroxylation is 1. The smallest absolute Gasteiger partial charge is 0.257 e. The van der Waals surface area contributed by atoms with E-state index in [1.807, 2.05) is 31.2 Å². The van der Waals surface area contributed by atoms with Gasteiger partial charge in [0, 0.05) is 13.6 Å². The van der Waals surface area contributed by atoms with Crippen molar-refractivity contribution in [2.45, 2.75) is 33.2 Å². The Balaban J connectivity index is 1.94. The van der Waals surface area contributed by atoms with Gasteiger partial charge in [0.05, 0.1) is 6.61 Å². The summed E-state index contributed by atoms with van der Waals surface area (Å²) in [5.74, 6) is -2.68. The van der Waals surface area contributed by atoms with E-state index in [0.29, 0.717) is 19.6 Å². The molecule has 2 aromatic rings. The number of carbonyl (C=O) groups excluding carboxylic acids is 2. The van der Waals surface area contributed by atoms with Crippen molar-refractivity contribution in [3.63, 3.8) is 0 Å². The predicted octanol–water partition coefficient (Wildman–Crippen LogP) is 3.96. The highest BCUT2D eigenvalue weighted by Gasteiger charge is 2.29. The molecule has 0 saturated heterocycles. The standard InChI is InChI=1S/C23H28F2N2O3/c1-15(2)21(26-22(28)20-17(24)10-7-11-18(20)25)23(29)27(4)13-8-14-30-19-12-6-5-9-16(19)3/h5-7,9-12,15,21H,8,13-14H2,1-4H3,(H,26,28). The molecule has 7 heteroatoms. The molecular weight excluding hydrogens is 390 g/mol. The van der Waals surface area contributed by atoms with Gasteiger partial charge < -0.3 is 15.0 Å². The van der Waals surface area contributed by atoms with E-state index in [9.17, 15) is 18.4 Å². The second-order valence-electron chi connectivity index (χ2n) is 7.52. The number of halogens is 2. The molecule has 0 heterocycles. The number of hydrogen-bond donors (Lipinski definition) is 1. The lowest BCUT2D eigenvalue weighted by Crippen LogP contribution is -2.50. The summed E-state index contributed by atoms with van der Waals surface area (Å²) in [6.07, 6.45) is 0.595. The van der Waals surface area contributed by atoms with Gasteiger partial charge in [-0.15, -0.1) is 0 Å². The summed E-state index contributed by atoms with van der Waals surface area (Å²) < 4.78 is 33.5. The molecular formula is C23H28F2N2O3. The van der Waals surface area contributed by atoms with Crippen LogP contribution in [0.4, 0.5) is 8.78 Å². The van der Waals surface area contributed by atoms with Crippen molar-refractivity contribution in [1.29, 1.82) is 0 Å². The molecule has 1 atom stereocenters. The van der Waals surface area contributed by atoms with Gasteiger partial charge in [-0.2, -0.15) is 0 Å². The largest absolute Gasteiger partial charge is 0.493 e. The lowest BCUT2D eigenvalue weighted by atomic mass is 10.0. The molecule has 0 aromatic heterocycles. The Kier molecular flexibility index (Phi) is 8.33. The molecule has 2 amide bonds. The average molecular weight is 418 g/mol. The van der Waals surface area contributed by atoms with Crippen LogP contribution >= 0.6 is 0 Å². The van der Waals surface area contributed by atoms with Gasteiger partial charge in [0.1, 0.15) is 29.0 Å². The van der Waals surface area contributed by atoms with Crippen molar-refractivity contribution in [1.82, 2.24) is 10.2 Å². The second-order valence-corrected chi connectivity index (χ2v) is 7.52. The molecule has 0 saturated carbocycles. The van der Waals surface area contributed by atoms with Crippen LogP contribution in [0.25, 0.3) is 0 Å². The fraction of sp³-hybridized carbons (Fsp3) is 0.391. The van der Waals surface area contributed by atoms with E-state index >= 15 is 0 Å². The average Bonchev–Trinajstić information content (AvgIpc) is 2.69. The van der Waals surface area contributed by atoms with Gasteiger partial charge in [0.25, 0.3) is 5.91 Å². The van der Waals surface area contributed by atoms with Crippen LogP contribution in [-0.2, 0) is 4.79 Å². The molecule has 1 N–H and O–H groups in total. The van der Waals surface area contributed by atoms with E-state index in [2.05, 4.69) is 5.32 Å². The van der Waals surface area contributed by atoms with Crippen LogP contribution in [0.2, 0.25) is 0 Å². The molecule has 0 bridgehead atoms. The van der Waals surface area contributed by atoms with Crippen LogP contribution in [0.5, 0.6) is 5.75 Å². The summed E-state index contributed by atoms with van der Waals surface area (Å²) in [6.45, 7) is 6.32. The van der Waals surface area contributed by atoms with Crippen molar-refractivity contribution < 1.29 is 23.1 Å². The van der Waals surface area contributed by atoms with Gasteiger partial charge in [-0.05, 0) is 43.0 Å². The first-order valence-corrected chi connectivity index (χ1v) is 9.90. The lowest BCUT2D eigenvalue weighted by Gasteiger charge is -2.27. The minimum Gasteiger partial charge on any atom is -0.493 e. The Bertz CT molecular complexity index is 866. The molecule has 0 radical (unpaired) electrons. The number of nitrogens with one attached hydrogen (secondary N) is 1. The number of rotatable bonds is 9. The topological polar surface area (TPSA) is 58.6 Å². The number of nitrogens with zero attached hydrogens (tertiary/aromatic N) is 1. The van der Waals surface area contributed by atoms with Crippen LogP contribution in [0, 0.1) is 24.5 Å². The molecule has 2 aromatic carbocycles. The summed E-state index contributed by atoms with van der Waals surface area (Å²) in [5, 5.41) is 2.48. The van der Waals surface area contributed by atoms with Gasteiger partial charge in [0.2, 0.25) is 5.91 Å². The minimum atomic E-state index is -0.968. The van der Waals surface area contributed by atoms with E-state index in [4.69, 9.17) is 4.74 Å². The predicted molar refractivity (Wildman–Crippen MR) is 111 cm³/mol. The van der Waals surface area contributed by atoms with Crippen LogP contribution in [-0.4, -0.2) is 43.0 Å². The van der Waals surface area contributed by atoms with Crippen molar-refractivity contribution >= 4 is 11.8 Å². The Morgan fingerprint density at radius 2 is 1.70 bits per heavy atom. The number of benzene rings is 2. The summed E-state index contributed by atoms with van der Waals surface area (Å²) in [5.41, 5.74) is 0.343. The fourth-order valence-corrected chi connectivity index (χ4v) is 2.99. The number of carbonyl (C=O) groups is 2. The maximum atomic E-state index is 13.9. The highest BCUT2D eigenvalue weighted by molar-refractivity contribution is 5.98. The van der Waals surface area contributed by atoms with Crippen LogP contribution in [0.3, 0.4) is 0 Å². The third-order valence-corrected chi connectivity index (χ3v) is 4.77. The first-order chi connectivity index (χ1) is 14.2. The minimum absolute atomic E-state index is 0.262. The number of amides is 2. The maximum absolute atomic E-state index is 13.9. The highest BCUT2D eigenvalue weighted by Crippen LogP contribution is 2.17. The molecule has 5 nitrogen and oxygen atoms in total. The second kappa shape index (κ2) is 10.7. The number of likely N-dealkylation sites (N-methyl/N-ethyl adjacent to an activating group) is 1. The first-order valence-electron chi connectivity index (χ1n) is 9.90. The third kappa shape index (κ3) is 6.02. The molecule has 162 valence electrons. The van der Waals surface area contributed by atoms with Crippen LogP contribution < -0.4 is 10.1 Å². The Morgan fingerprint density at radius 3 is 2.30 bits per heavy atom. The van der Waals surface area contributed by atoms with Gasteiger partial charge in [-0.3, -0.25) is 9.59 Å². The van der Waals surface area contributed by atoms with Crippen molar-refractivity contribution in [3.05, 3.63) is 65.2 Å². The van der Waals surface area contributed by atoms with Crippen molar-refractivity contribution in [2.24, 2.45) is 5.92 Å². The normalized spacial score (nSPS) is 11.8. The summed E-state index contributed by atoms with van der Waals surface area (Å²) in [4.78, 5) is 26.7. The first kappa shape index (κ1) is 23.3. The number of para-hydroxylation sites is 1. The maximum Gasteiger partial charge on any atom is 0.257 e. The Morgan fingerprint density at radius 1 is 1.07 bits per heavy atom. The zero-order chi connectivity index (χ0) is 22.3. The zero-order valence-electron chi connectivity index (χ0n) is 17.7. The van der Waals surface area contributed by atoms with Gasteiger partial charge >= 0.3 is 0 Å². The lowest BCUT2D eigenvalue weighted by molar-refractivity contribution is -0.133. The molecule has 0 fully saturated rings. The zero-order valence-corrected chi connectivity index (χ0v) is 17.7. The highest BCUT2D eigenvalue weighted by atomic mass is 19.1. The van der Waals surface area contributed by atoms with E-state index in [1.165, 1.54) is 11.0 Å². The Labute approximate surface area is 176 Å². The van der Waals surface area contributed by atoms with Gasteiger partial charge in [-0.25, -0.2) is 8.78 Å².